The zero-order chi connectivity index (χ0) is 27.3. The number of carbonyl (C=O) groups excluding carboxylic acids is 1. The van der Waals surface area contributed by atoms with Crippen LogP contribution in [0.3, 0.4) is 0 Å². The van der Waals surface area contributed by atoms with Gasteiger partial charge in [0.2, 0.25) is 0 Å². The van der Waals surface area contributed by atoms with Crippen LogP contribution in [0.5, 0.6) is 5.75 Å². The van der Waals surface area contributed by atoms with Crippen LogP contribution in [-0.4, -0.2) is 30.6 Å². The fourth-order valence-corrected chi connectivity index (χ4v) is 4.90. The number of rotatable bonds is 10. The summed E-state index contributed by atoms with van der Waals surface area (Å²) in [6.45, 7) is 6.15. The SMILES string of the molecule is CCON=Cc1c(COc2ccc3c(CC(=O)OCC)csc3c2C)noc1-c1ccc(C(F)(F)F)cc1. The zero-order valence-electron chi connectivity index (χ0n) is 20.9. The lowest BCUT2D eigenvalue weighted by Crippen LogP contribution is -2.07. The Balaban J connectivity index is 1.58. The number of thiophene rings is 1. The predicted molar refractivity (Wildman–Crippen MR) is 137 cm³/mol. The van der Waals surface area contributed by atoms with E-state index in [0.29, 0.717) is 35.8 Å². The molecule has 0 saturated carbocycles. The van der Waals surface area contributed by atoms with Crippen molar-refractivity contribution in [3.8, 4) is 17.1 Å². The molecule has 0 fully saturated rings. The summed E-state index contributed by atoms with van der Waals surface area (Å²) in [4.78, 5) is 17.0. The molecule has 2 heterocycles. The Kier molecular flexibility index (Phi) is 8.35. The maximum Gasteiger partial charge on any atom is 0.416 e. The molecular formula is C27H25F3N2O5S. The molecule has 0 N–H and O–H groups in total. The highest BCUT2D eigenvalue weighted by molar-refractivity contribution is 7.17. The monoisotopic (exact) mass is 546 g/mol. The van der Waals surface area contributed by atoms with Crippen molar-refractivity contribution in [1.82, 2.24) is 5.16 Å². The third-order valence-electron chi connectivity index (χ3n) is 5.69. The van der Waals surface area contributed by atoms with Gasteiger partial charge in [-0.25, -0.2) is 0 Å². The van der Waals surface area contributed by atoms with Crippen LogP contribution in [0.15, 0.2) is 51.5 Å². The van der Waals surface area contributed by atoms with Crippen molar-refractivity contribution in [2.24, 2.45) is 5.16 Å². The summed E-state index contributed by atoms with van der Waals surface area (Å²) in [5.74, 6) is 0.588. The molecule has 0 saturated heterocycles. The molecule has 7 nitrogen and oxygen atoms in total. The van der Waals surface area contributed by atoms with E-state index in [4.69, 9.17) is 18.8 Å². The van der Waals surface area contributed by atoms with E-state index < -0.39 is 11.7 Å². The highest BCUT2D eigenvalue weighted by Crippen LogP contribution is 2.36. The number of ether oxygens (including phenoxy) is 2. The number of halogens is 3. The fraction of sp³-hybridized carbons (Fsp3) is 0.296. The second kappa shape index (κ2) is 11.7. The van der Waals surface area contributed by atoms with Crippen LogP contribution in [0, 0.1) is 6.92 Å². The Bertz CT molecular complexity index is 1440. The number of alkyl halides is 3. The van der Waals surface area contributed by atoms with Crippen molar-refractivity contribution < 1.29 is 36.8 Å². The fourth-order valence-electron chi connectivity index (χ4n) is 3.83. The second-order valence-corrected chi connectivity index (χ2v) is 9.08. The van der Waals surface area contributed by atoms with Gasteiger partial charge in [0.25, 0.3) is 0 Å². The van der Waals surface area contributed by atoms with Crippen LogP contribution in [-0.2, 0) is 33.6 Å². The van der Waals surface area contributed by atoms with Crippen molar-refractivity contribution in [3.63, 3.8) is 0 Å². The second-order valence-electron chi connectivity index (χ2n) is 8.20. The van der Waals surface area contributed by atoms with Gasteiger partial charge in [0.1, 0.15) is 24.7 Å². The Morgan fingerprint density at radius 3 is 2.58 bits per heavy atom. The van der Waals surface area contributed by atoms with Gasteiger partial charge in [-0.2, -0.15) is 13.2 Å². The molecule has 4 aromatic rings. The first-order valence-electron chi connectivity index (χ1n) is 11.8. The van der Waals surface area contributed by atoms with E-state index in [1.165, 1.54) is 29.7 Å². The first kappa shape index (κ1) is 27.2. The molecular weight excluding hydrogens is 521 g/mol. The Labute approximate surface area is 220 Å². The number of hydrogen-bond donors (Lipinski definition) is 0. The lowest BCUT2D eigenvalue weighted by Gasteiger charge is -2.10. The van der Waals surface area contributed by atoms with Gasteiger partial charge in [-0.05, 0) is 61.4 Å². The molecule has 0 amide bonds. The van der Waals surface area contributed by atoms with Gasteiger partial charge in [0.15, 0.2) is 5.76 Å². The molecule has 2 aromatic carbocycles. The number of nitrogens with zero attached hydrogens (tertiary/aromatic N) is 2. The standard InChI is InChI=1S/C27H25F3N2O5S/c1-4-34-24(33)12-18-15-38-26-16(3)23(11-10-20(18)26)35-14-22-21(13-31-36-5-2)25(37-32-22)17-6-8-19(9-7-17)27(28,29)30/h6-11,13,15H,4-5,12,14H2,1-3H3. The van der Waals surface area contributed by atoms with E-state index in [9.17, 15) is 18.0 Å². The number of aryl methyl sites for hydroxylation is 1. The molecule has 0 radical (unpaired) electrons. The van der Waals surface area contributed by atoms with E-state index in [1.54, 1.807) is 13.8 Å². The quantitative estimate of drug-likeness (QED) is 0.122. The van der Waals surface area contributed by atoms with Gasteiger partial charge in [-0.1, -0.05) is 22.4 Å². The Morgan fingerprint density at radius 1 is 1.13 bits per heavy atom. The van der Waals surface area contributed by atoms with E-state index in [1.807, 2.05) is 24.4 Å². The number of esters is 1. The maximum atomic E-state index is 13.0. The minimum atomic E-state index is -4.45. The average molecular weight is 547 g/mol. The first-order valence-corrected chi connectivity index (χ1v) is 12.7. The van der Waals surface area contributed by atoms with Crippen molar-refractivity contribution in [2.45, 2.75) is 40.0 Å². The molecule has 0 aliphatic carbocycles. The van der Waals surface area contributed by atoms with Gasteiger partial charge < -0.3 is 18.8 Å². The van der Waals surface area contributed by atoms with Gasteiger partial charge in [-0.15, -0.1) is 11.3 Å². The van der Waals surface area contributed by atoms with Crippen LogP contribution in [0.2, 0.25) is 0 Å². The molecule has 0 spiro atoms. The maximum absolute atomic E-state index is 13.0. The van der Waals surface area contributed by atoms with Gasteiger partial charge >= 0.3 is 12.1 Å². The third kappa shape index (κ3) is 5.99. The number of oxime groups is 1. The highest BCUT2D eigenvalue weighted by Gasteiger charge is 2.30. The summed E-state index contributed by atoms with van der Waals surface area (Å²) in [5, 5.41) is 10.9. The minimum Gasteiger partial charge on any atom is -0.487 e. The van der Waals surface area contributed by atoms with Crippen molar-refractivity contribution in [2.75, 3.05) is 13.2 Å². The van der Waals surface area contributed by atoms with Gasteiger partial charge in [-0.3, -0.25) is 4.79 Å². The molecule has 0 bridgehead atoms. The Morgan fingerprint density at radius 2 is 1.89 bits per heavy atom. The zero-order valence-corrected chi connectivity index (χ0v) is 21.7. The number of aromatic nitrogens is 1. The smallest absolute Gasteiger partial charge is 0.416 e. The van der Waals surface area contributed by atoms with Crippen LogP contribution in [0.25, 0.3) is 21.4 Å². The van der Waals surface area contributed by atoms with Crippen LogP contribution >= 0.6 is 11.3 Å². The van der Waals surface area contributed by atoms with Gasteiger partial charge in [0.05, 0.1) is 30.4 Å². The number of benzene rings is 2. The molecule has 0 unspecified atom stereocenters. The van der Waals surface area contributed by atoms with Crippen LogP contribution in [0.1, 0.15) is 41.8 Å². The highest BCUT2D eigenvalue weighted by atomic mass is 32.1. The number of carbonyl (C=O) groups is 1. The minimum absolute atomic E-state index is 0.0189. The van der Waals surface area contributed by atoms with Crippen LogP contribution < -0.4 is 4.74 Å². The summed E-state index contributed by atoms with van der Waals surface area (Å²) < 4.78 is 56.5. The van der Waals surface area contributed by atoms with Crippen molar-refractivity contribution in [1.29, 1.82) is 0 Å². The van der Waals surface area contributed by atoms with E-state index in [-0.39, 0.29) is 24.8 Å². The summed E-state index contributed by atoms with van der Waals surface area (Å²) in [7, 11) is 0. The molecule has 38 heavy (non-hydrogen) atoms. The molecule has 200 valence electrons. The normalized spacial score (nSPS) is 11.8. The van der Waals surface area contributed by atoms with E-state index >= 15 is 0 Å². The summed E-state index contributed by atoms with van der Waals surface area (Å²) in [5.41, 5.74) is 2.27. The average Bonchev–Trinajstić information content (AvgIpc) is 3.48. The molecule has 0 aliphatic heterocycles. The topological polar surface area (TPSA) is 83.2 Å². The van der Waals surface area contributed by atoms with E-state index in [2.05, 4.69) is 10.3 Å². The lowest BCUT2D eigenvalue weighted by atomic mass is 10.1. The summed E-state index contributed by atoms with van der Waals surface area (Å²) in [6, 6.07) is 8.31. The molecule has 0 atom stereocenters. The summed E-state index contributed by atoms with van der Waals surface area (Å²) in [6.07, 6.45) is -2.84. The molecule has 11 heteroatoms. The Hall–Kier alpha value is -3.86. The van der Waals surface area contributed by atoms with Crippen molar-refractivity contribution in [3.05, 3.63) is 69.7 Å². The van der Waals surface area contributed by atoms with Gasteiger partial charge in [0, 0.05) is 15.8 Å². The third-order valence-corrected chi connectivity index (χ3v) is 6.85. The number of hydrogen-bond acceptors (Lipinski definition) is 8. The molecule has 4 rings (SSSR count). The molecule has 2 aromatic heterocycles. The van der Waals surface area contributed by atoms with Crippen LogP contribution in [0.4, 0.5) is 13.2 Å². The lowest BCUT2D eigenvalue weighted by molar-refractivity contribution is -0.142. The number of fused-ring (bicyclic) bond motifs is 1. The first-order chi connectivity index (χ1) is 18.2. The van der Waals surface area contributed by atoms with E-state index in [0.717, 1.165) is 33.3 Å². The predicted octanol–water partition coefficient (Wildman–Crippen LogP) is 6.94. The summed E-state index contributed by atoms with van der Waals surface area (Å²) >= 11 is 1.52. The van der Waals surface area contributed by atoms with Crippen molar-refractivity contribution >= 4 is 33.6 Å². The molecule has 0 aliphatic rings. The largest absolute Gasteiger partial charge is 0.487 e.